The lowest BCUT2D eigenvalue weighted by atomic mass is 10.1. The number of esters is 1. The number of carbonyl (C=O) groups excluding carboxylic acids is 2. The van der Waals surface area contributed by atoms with Gasteiger partial charge in [-0.15, -0.1) is 0 Å². The van der Waals surface area contributed by atoms with Gasteiger partial charge >= 0.3 is 5.97 Å². The van der Waals surface area contributed by atoms with Crippen molar-refractivity contribution in [2.24, 2.45) is 0 Å². The van der Waals surface area contributed by atoms with Crippen LogP contribution >= 0.6 is 0 Å². The van der Waals surface area contributed by atoms with E-state index in [0.29, 0.717) is 6.54 Å². The van der Waals surface area contributed by atoms with Crippen molar-refractivity contribution in [2.75, 3.05) is 17.6 Å². The van der Waals surface area contributed by atoms with E-state index < -0.39 is 28.5 Å². The molecule has 138 valence electrons. The predicted molar refractivity (Wildman–Crippen MR) is 98.2 cm³/mol. The van der Waals surface area contributed by atoms with Crippen LogP contribution in [0.3, 0.4) is 0 Å². The molecule has 2 aromatic carbocycles. The Kier molecular flexibility index (Phi) is 6.35. The van der Waals surface area contributed by atoms with Gasteiger partial charge in [0.2, 0.25) is 10.0 Å². The van der Waals surface area contributed by atoms with Crippen LogP contribution in [0.5, 0.6) is 0 Å². The molecule has 2 N–H and O–H groups in total. The highest BCUT2D eigenvalue weighted by Crippen LogP contribution is 2.13. The summed E-state index contributed by atoms with van der Waals surface area (Å²) in [6, 6.07) is 13.5. The van der Waals surface area contributed by atoms with Crippen molar-refractivity contribution in [3.63, 3.8) is 0 Å². The molecule has 26 heavy (non-hydrogen) atoms. The Morgan fingerprint density at radius 2 is 1.77 bits per heavy atom. The first-order chi connectivity index (χ1) is 12.2. The maximum atomic E-state index is 12.0. The average Bonchev–Trinajstić information content (AvgIpc) is 2.58. The minimum absolute atomic E-state index is 0.144. The molecule has 0 aliphatic rings. The van der Waals surface area contributed by atoms with Gasteiger partial charge in [0.1, 0.15) is 0 Å². The van der Waals surface area contributed by atoms with Gasteiger partial charge in [-0.1, -0.05) is 35.9 Å². The van der Waals surface area contributed by atoms with Gasteiger partial charge < -0.3 is 10.1 Å². The van der Waals surface area contributed by atoms with Crippen molar-refractivity contribution in [2.45, 2.75) is 13.5 Å². The number of anilines is 1. The number of benzene rings is 2. The molecule has 0 aliphatic carbocycles. The second-order valence-electron chi connectivity index (χ2n) is 5.79. The second kappa shape index (κ2) is 8.48. The molecule has 2 rings (SSSR count). The van der Waals surface area contributed by atoms with Crippen LogP contribution in [-0.2, 0) is 26.1 Å². The molecule has 0 saturated carbocycles. The first-order valence-corrected chi connectivity index (χ1v) is 9.69. The first kappa shape index (κ1) is 19.5. The van der Waals surface area contributed by atoms with E-state index >= 15 is 0 Å². The molecule has 0 saturated heterocycles. The molecule has 0 radical (unpaired) electrons. The van der Waals surface area contributed by atoms with Gasteiger partial charge in [0.05, 0.1) is 11.8 Å². The fourth-order valence-electron chi connectivity index (χ4n) is 2.10. The summed E-state index contributed by atoms with van der Waals surface area (Å²) in [5, 5.41) is 2.66. The van der Waals surface area contributed by atoms with Crippen molar-refractivity contribution in [3.05, 3.63) is 65.2 Å². The highest BCUT2D eigenvalue weighted by Gasteiger charge is 2.12. The topological polar surface area (TPSA) is 102 Å². The third kappa shape index (κ3) is 6.56. The zero-order chi connectivity index (χ0) is 19.2. The monoisotopic (exact) mass is 376 g/mol. The van der Waals surface area contributed by atoms with Crippen LogP contribution in [-0.4, -0.2) is 33.2 Å². The van der Waals surface area contributed by atoms with Crippen LogP contribution < -0.4 is 10.0 Å². The SMILES string of the molecule is Cc1ccc(CNC(=O)COC(=O)c2cccc(NS(C)(=O)=O)c2)cc1. The van der Waals surface area contributed by atoms with E-state index in [1.807, 2.05) is 31.2 Å². The van der Waals surface area contributed by atoms with Crippen molar-refractivity contribution in [3.8, 4) is 0 Å². The number of hydrogen-bond donors (Lipinski definition) is 2. The standard InChI is InChI=1S/C18H20N2O5S/c1-13-6-8-14(9-7-13)11-19-17(21)12-25-18(22)15-4-3-5-16(10-15)20-26(2,23)24/h3-10,20H,11-12H2,1-2H3,(H,19,21). The average molecular weight is 376 g/mol. The third-order valence-electron chi connectivity index (χ3n) is 3.35. The van der Waals surface area contributed by atoms with Crippen molar-refractivity contribution >= 4 is 27.6 Å². The Morgan fingerprint density at radius 3 is 2.42 bits per heavy atom. The number of rotatable bonds is 7. The number of nitrogens with one attached hydrogen (secondary N) is 2. The molecule has 0 atom stereocenters. The van der Waals surface area contributed by atoms with E-state index in [2.05, 4.69) is 10.0 Å². The Morgan fingerprint density at radius 1 is 1.08 bits per heavy atom. The summed E-state index contributed by atoms with van der Waals surface area (Å²) in [5.74, 6) is -1.14. The number of carbonyl (C=O) groups is 2. The molecule has 2 aromatic rings. The van der Waals surface area contributed by atoms with Gasteiger partial charge in [-0.05, 0) is 30.7 Å². The molecule has 1 amide bonds. The van der Waals surface area contributed by atoms with Crippen LogP contribution in [0.2, 0.25) is 0 Å². The highest BCUT2D eigenvalue weighted by molar-refractivity contribution is 7.92. The van der Waals surface area contributed by atoms with Gasteiger partial charge in [-0.2, -0.15) is 0 Å². The summed E-state index contributed by atoms with van der Waals surface area (Å²) in [6.45, 7) is 1.89. The largest absolute Gasteiger partial charge is 0.452 e. The van der Waals surface area contributed by atoms with Crippen LogP contribution in [0, 0.1) is 6.92 Å². The fraction of sp³-hybridized carbons (Fsp3) is 0.222. The normalized spacial score (nSPS) is 10.8. The van der Waals surface area contributed by atoms with Crippen LogP contribution in [0.15, 0.2) is 48.5 Å². The zero-order valence-corrected chi connectivity index (χ0v) is 15.3. The Balaban J connectivity index is 1.85. The molecule has 8 heteroatoms. The lowest BCUT2D eigenvalue weighted by Crippen LogP contribution is -2.28. The van der Waals surface area contributed by atoms with E-state index in [1.54, 1.807) is 0 Å². The smallest absolute Gasteiger partial charge is 0.338 e. The number of amides is 1. The Labute approximate surface area is 152 Å². The first-order valence-electron chi connectivity index (χ1n) is 7.80. The molecule has 0 spiro atoms. The molecule has 0 aromatic heterocycles. The van der Waals surface area contributed by atoms with Gasteiger partial charge in [-0.3, -0.25) is 9.52 Å². The maximum Gasteiger partial charge on any atom is 0.338 e. The second-order valence-corrected chi connectivity index (χ2v) is 7.54. The summed E-state index contributed by atoms with van der Waals surface area (Å²) >= 11 is 0. The fourth-order valence-corrected chi connectivity index (χ4v) is 2.65. The van der Waals surface area contributed by atoms with Gasteiger partial charge in [-0.25, -0.2) is 13.2 Å². The van der Waals surface area contributed by atoms with E-state index in [4.69, 9.17) is 4.74 Å². The molecule has 7 nitrogen and oxygen atoms in total. The quantitative estimate of drug-likeness (QED) is 0.718. The highest BCUT2D eigenvalue weighted by atomic mass is 32.2. The van der Waals surface area contributed by atoms with Crippen molar-refractivity contribution in [1.82, 2.24) is 5.32 Å². The molecule has 0 fully saturated rings. The summed E-state index contributed by atoms with van der Waals surface area (Å²) in [7, 11) is -3.45. The molecule has 0 aliphatic heterocycles. The molecule has 0 unspecified atom stereocenters. The summed E-state index contributed by atoms with van der Waals surface area (Å²) < 4.78 is 29.7. The van der Waals surface area contributed by atoms with E-state index in [1.165, 1.54) is 24.3 Å². The third-order valence-corrected chi connectivity index (χ3v) is 3.95. The molecular formula is C18H20N2O5S. The minimum atomic E-state index is -3.45. The summed E-state index contributed by atoms with van der Waals surface area (Å²) in [4.78, 5) is 23.8. The summed E-state index contributed by atoms with van der Waals surface area (Å²) in [5.41, 5.74) is 2.45. The van der Waals surface area contributed by atoms with Crippen LogP contribution in [0.4, 0.5) is 5.69 Å². The van der Waals surface area contributed by atoms with Crippen molar-refractivity contribution in [1.29, 1.82) is 0 Å². The lowest BCUT2D eigenvalue weighted by molar-refractivity contribution is -0.124. The van der Waals surface area contributed by atoms with Crippen LogP contribution in [0.25, 0.3) is 0 Å². The van der Waals surface area contributed by atoms with E-state index in [9.17, 15) is 18.0 Å². The van der Waals surface area contributed by atoms with Gasteiger partial charge in [0, 0.05) is 12.2 Å². The van der Waals surface area contributed by atoms with E-state index in [-0.39, 0.29) is 11.3 Å². The molecular weight excluding hydrogens is 356 g/mol. The summed E-state index contributed by atoms with van der Waals surface area (Å²) in [6.07, 6.45) is 1.01. The number of aryl methyl sites for hydroxylation is 1. The Hall–Kier alpha value is -2.87. The number of ether oxygens (including phenoxy) is 1. The van der Waals surface area contributed by atoms with Gasteiger partial charge in [0.15, 0.2) is 6.61 Å². The number of hydrogen-bond acceptors (Lipinski definition) is 5. The maximum absolute atomic E-state index is 12.0. The van der Waals surface area contributed by atoms with Crippen LogP contribution in [0.1, 0.15) is 21.5 Å². The lowest BCUT2D eigenvalue weighted by Gasteiger charge is -2.08. The molecule has 0 heterocycles. The van der Waals surface area contributed by atoms with E-state index in [0.717, 1.165) is 17.4 Å². The van der Waals surface area contributed by atoms with Crippen molar-refractivity contribution < 1.29 is 22.7 Å². The number of sulfonamides is 1. The minimum Gasteiger partial charge on any atom is -0.452 e. The predicted octanol–water partition coefficient (Wildman–Crippen LogP) is 1.84. The molecule has 0 bridgehead atoms. The van der Waals surface area contributed by atoms with Gasteiger partial charge in [0.25, 0.3) is 5.91 Å². The Bertz CT molecular complexity index is 892. The zero-order valence-electron chi connectivity index (χ0n) is 14.5.